The summed E-state index contributed by atoms with van der Waals surface area (Å²) in [5, 5.41) is 194. The number of hydrogen-bond donors (Lipinski definition) is 19. The second-order valence-corrected chi connectivity index (χ2v) is 28.6. The van der Waals surface area contributed by atoms with Gasteiger partial charge in [0, 0.05) is 32.1 Å². The smallest absolute Gasteiger partial charge is 0.364 e. The van der Waals surface area contributed by atoms with Gasteiger partial charge in [-0.3, -0.25) is 9.59 Å². The third-order valence-corrected chi connectivity index (χ3v) is 20.2. The molecule has 0 spiro atoms. The van der Waals surface area contributed by atoms with Crippen molar-refractivity contribution in [2.75, 3.05) is 39.6 Å². The summed E-state index contributed by atoms with van der Waals surface area (Å²) < 4.78 is 60.3. The van der Waals surface area contributed by atoms with Crippen LogP contribution in [0.1, 0.15) is 207 Å². The topological polar surface area (TPSA) is 529 Å². The highest BCUT2D eigenvalue weighted by Crippen LogP contribution is 2.42. The minimum Gasteiger partial charge on any atom is -0.477 e. The molecule has 2 amide bonds. The van der Waals surface area contributed by atoms with Crippen molar-refractivity contribution in [3.05, 3.63) is 0 Å². The van der Waals surface area contributed by atoms with Crippen LogP contribution in [0.15, 0.2) is 0 Å². The van der Waals surface area contributed by atoms with Crippen molar-refractivity contribution in [3.8, 4) is 0 Å². The van der Waals surface area contributed by atoms with Gasteiger partial charge in [0.1, 0.15) is 110 Å². The molecule has 5 aliphatic rings. The van der Waals surface area contributed by atoms with Crippen LogP contribution in [-0.4, -0.2) is 315 Å². The summed E-state index contributed by atoms with van der Waals surface area (Å²) in [5.74, 6) is -9.03. The third-order valence-electron chi connectivity index (χ3n) is 20.2. The van der Waals surface area contributed by atoms with E-state index in [1.54, 1.807) is 0 Å². The van der Waals surface area contributed by atoms with Gasteiger partial charge in [0.2, 0.25) is 11.8 Å². The van der Waals surface area contributed by atoms with Crippen LogP contribution in [-0.2, 0) is 66.5 Å². The highest BCUT2D eigenvalue weighted by Gasteiger charge is 2.62. The maximum atomic E-state index is 13.8. The van der Waals surface area contributed by atoms with Crippen molar-refractivity contribution in [2.24, 2.45) is 5.92 Å². The molecular formula is C70H126N2O31. The molecular weight excluding hydrogens is 1360 g/mol. The van der Waals surface area contributed by atoms with Gasteiger partial charge in [0.25, 0.3) is 5.79 Å². The van der Waals surface area contributed by atoms with Crippen molar-refractivity contribution in [1.29, 1.82) is 0 Å². The molecule has 28 atom stereocenters. The number of aliphatic hydroxyl groups excluding tert-OH is 16. The number of nitrogens with one attached hydrogen (secondary N) is 2. The Hall–Kier alpha value is -2.96. The molecule has 0 saturated carbocycles. The van der Waals surface area contributed by atoms with E-state index in [0.717, 1.165) is 78.1 Å². The Morgan fingerprint density at radius 3 is 1.47 bits per heavy atom. The number of Topliss-reactive ketones (excluding diaryl/α,β-unsaturated/α-hetero) is 1. The molecule has 0 aromatic carbocycles. The van der Waals surface area contributed by atoms with E-state index in [1.165, 1.54) is 77.0 Å². The lowest BCUT2D eigenvalue weighted by atomic mass is 9.86. The molecule has 28 unspecified atom stereocenters. The van der Waals surface area contributed by atoms with Crippen LogP contribution >= 0.6 is 0 Å². The predicted octanol–water partition coefficient (Wildman–Crippen LogP) is -1.29. The summed E-state index contributed by atoms with van der Waals surface area (Å²) in [7, 11) is 0. The number of hydrogen-bond acceptors (Lipinski definition) is 30. The van der Waals surface area contributed by atoms with Crippen molar-refractivity contribution < 1.29 is 153 Å². The number of carbonyl (C=O) groups is 4. The molecule has 103 heavy (non-hydrogen) atoms. The molecule has 0 aliphatic carbocycles. The van der Waals surface area contributed by atoms with E-state index in [-0.39, 0.29) is 18.7 Å². The van der Waals surface area contributed by atoms with Crippen LogP contribution in [0.4, 0.5) is 0 Å². The maximum absolute atomic E-state index is 13.8. The van der Waals surface area contributed by atoms with E-state index < -0.39 is 241 Å². The van der Waals surface area contributed by atoms with Crippen LogP contribution in [0.2, 0.25) is 0 Å². The Balaban J connectivity index is 1.42. The van der Waals surface area contributed by atoms with Gasteiger partial charge in [-0.15, -0.1) is 0 Å². The van der Waals surface area contributed by atoms with Gasteiger partial charge in [-0.25, -0.2) is 4.79 Å². The lowest BCUT2D eigenvalue weighted by molar-refractivity contribution is -0.406. The van der Waals surface area contributed by atoms with Crippen LogP contribution in [0.3, 0.4) is 0 Å². The minimum atomic E-state index is -3.36. The first-order valence-electron chi connectivity index (χ1n) is 37.6. The Labute approximate surface area is 603 Å². The Kier molecular flexibility index (Phi) is 41.5. The van der Waals surface area contributed by atoms with Crippen molar-refractivity contribution in [1.82, 2.24) is 10.6 Å². The molecule has 33 heteroatoms. The van der Waals surface area contributed by atoms with Gasteiger partial charge in [0.15, 0.2) is 25.2 Å². The van der Waals surface area contributed by atoms with Crippen LogP contribution < -0.4 is 10.6 Å². The number of carboxylic acids is 1. The van der Waals surface area contributed by atoms with Gasteiger partial charge in [0.05, 0.1) is 70.0 Å². The summed E-state index contributed by atoms with van der Waals surface area (Å²) in [6.07, 6.45) is -23.7. The third kappa shape index (κ3) is 27.2. The van der Waals surface area contributed by atoms with Gasteiger partial charge in [-0.05, 0) is 19.8 Å². The number of aliphatic hydroxyl groups is 16. The number of aliphatic carboxylic acids is 1. The van der Waals surface area contributed by atoms with Crippen LogP contribution in [0, 0.1) is 5.92 Å². The van der Waals surface area contributed by atoms with Gasteiger partial charge < -0.3 is 150 Å². The quantitative estimate of drug-likeness (QED) is 0.0315. The first-order valence-corrected chi connectivity index (χ1v) is 37.6. The highest BCUT2D eigenvalue weighted by molar-refractivity contribution is 5.77. The monoisotopic (exact) mass is 1490 g/mol. The minimum absolute atomic E-state index is 0.160. The van der Waals surface area contributed by atoms with Crippen LogP contribution in [0.25, 0.3) is 0 Å². The van der Waals surface area contributed by atoms with Crippen molar-refractivity contribution in [3.63, 3.8) is 0 Å². The van der Waals surface area contributed by atoms with Crippen molar-refractivity contribution in [2.45, 2.75) is 373 Å². The molecule has 33 nitrogen and oxygen atoms in total. The summed E-state index contributed by atoms with van der Waals surface area (Å²) >= 11 is 0. The fourth-order valence-corrected chi connectivity index (χ4v) is 14.2. The number of carboxylic acid groups (broad SMARTS) is 1. The molecule has 0 bridgehead atoms. The molecule has 5 rings (SSSR count). The van der Waals surface area contributed by atoms with E-state index in [4.69, 9.17) is 47.4 Å². The summed E-state index contributed by atoms with van der Waals surface area (Å²) in [6, 6.07) is -2.80. The first kappa shape index (κ1) is 90.7. The summed E-state index contributed by atoms with van der Waals surface area (Å²) in [5.41, 5.74) is 0. The zero-order valence-electron chi connectivity index (χ0n) is 60.4. The average molecular weight is 1490 g/mol. The number of unbranched alkanes of at least 4 members (excludes halogenated alkanes) is 22. The molecule has 5 heterocycles. The van der Waals surface area contributed by atoms with E-state index in [9.17, 15) is 106 Å². The Morgan fingerprint density at radius 2 is 0.951 bits per heavy atom. The second kappa shape index (κ2) is 47.2. The zero-order chi connectivity index (χ0) is 75.9. The zero-order valence-corrected chi connectivity index (χ0v) is 60.4. The molecule has 5 saturated heterocycles. The number of ketones is 1. The number of rotatable bonds is 50. The largest absolute Gasteiger partial charge is 0.477 e. The first-order chi connectivity index (χ1) is 49.3. The molecule has 5 aliphatic heterocycles. The number of ether oxygens (including phenoxy) is 10. The second-order valence-electron chi connectivity index (χ2n) is 28.6. The van der Waals surface area contributed by atoms with E-state index >= 15 is 0 Å². The average Bonchev–Trinajstić information content (AvgIpc) is 0.747. The van der Waals surface area contributed by atoms with Gasteiger partial charge in [-0.1, -0.05) is 162 Å². The van der Waals surface area contributed by atoms with E-state index in [1.807, 2.05) is 0 Å². The normalized spacial score (nSPS) is 35.4. The molecule has 0 aromatic heterocycles. The number of carbonyl (C=O) groups excluding carboxylic acids is 3. The Morgan fingerprint density at radius 1 is 0.495 bits per heavy atom. The highest BCUT2D eigenvalue weighted by atomic mass is 16.8. The molecule has 602 valence electrons. The fraction of sp³-hybridized carbons (Fsp3) is 0.943. The van der Waals surface area contributed by atoms with Crippen molar-refractivity contribution >= 4 is 23.6 Å². The lowest BCUT2D eigenvalue weighted by Crippen LogP contribution is -2.71. The SMILES string of the molecule is CCCCCCCCCCCCCCCC(O)C(COC1OC(CO)C(OC2OC(CO)C(OC3OC(CO)C(O)C(OC4OC(CO)C(O)C(O)C4O)C3CC(C)=O)C(OC3(C(=O)O)CC(O)C(NC(C)=O)C(C(O)C(O)CO)O3)C2O)C(O)C1O)NC(=O)CCCCCCCCCCCCC. The lowest BCUT2D eigenvalue weighted by Gasteiger charge is -2.52. The molecule has 19 N–H and O–H groups in total. The van der Waals surface area contributed by atoms with E-state index in [2.05, 4.69) is 24.5 Å². The maximum Gasteiger partial charge on any atom is 0.364 e. The standard InChI is InChI=1S/C70H126N2O31/c1-5-7-9-11-13-15-17-18-20-21-23-25-27-29-43(80)42(72-50(83)30-28-26-24-22-19-16-14-12-10-8-6-2)38-94-66-58(90)56(88)61(48(36-76)97-66)100-68-59(91)64(103-70(69(92)93)32-44(81)51(71-40(4)79)63(102-70)52(84)45(82)33-73)62(49(37-77)98-68)101-65-41(31-39(3)78)60(54(86)47(35-75)95-65)99-67-57(89)55(87)53(85)46(34-74)96-67/h41-49,51-68,73-77,80-82,84-91H,5-38H2,1-4H3,(H,71,79)(H,72,83)(H,92,93). The number of amides is 2. The van der Waals surface area contributed by atoms with Gasteiger partial charge >= 0.3 is 5.97 Å². The van der Waals surface area contributed by atoms with E-state index in [0.29, 0.717) is 12.8 Å². The Bertz CT molecular complexity index is 2370. The molecule has 0 radical (unpaired) electrons. The summed E-state index contributed by atoms with van der Waals surface area (Å²) in [4.78, 5) is 53.0. The van der Waals surface area contributed by atoms with Crippen LogP contribution in [0.5, 0.6) is 0 Å². The summed E-state index contributed by atoms with van der Waals surface area (Å²) in [6.45, 7) is 0.560. The molecule has 0 aromatic rings. The fourth-order valence-electron chi connectivity index (χ4n) is 14.2. The molecule has 5 fully saturated rings. The predicted molar refractivity (Wildman–Crippen MR) is 361 cm³/mol. The van der Waals surface area contributed by atoms with Gasteiger partial charge in [-0.2, -0.15) is 0 Å².